The molecule has 0 unspecified atom stereocenters. The molecule has 3 rings (SSSR count). The van der Waals surface area contributed by atoms with Crippen molar-refractivity contribution in [2.45, 2.75) is 32.6 Å². The number of non-ortho nitro benzene ring substituents is 1. The number of hydrogen-bond acceptors (Lipinski definition) is 7. The van der Waals surface area contributed by atoms with Crippen LogP contribution in [0.2, 0.25) is 0 Å². The number of nitrogens with one attached hydrogen (secondary N) is 1. The van der Waals surface area contributed by atoms with Crippen LogP contribution in [-0.4, -0.2) is 22.7 Å². The van der Waals surface area contributed by atoms with Crippen LogP contribution in [0.4, 0.5) is 10.8 Å². The Hall–Kier alpha value is -3.26. The first-order valence-electron chi connectivity index (χ1n) is 9.88. The Morgan fingerprint density at radius 1 is 1.13 bits per heavy atom. The zero-order valence-electron chi connectivity index (χ0n) is 16.8. The highest BCUT2D eigenvalue weighted by Gasteiger charge is 2.08. The maximum atomic E-state index is 10.7. The van der Waals surface area contributed by atoms with Crippen molar-refractivity contribution in [2.24, 2.45) is 5.10 Å². The lowest BCUT2D eigenvalue weighted by atomic mass is 10.1. The average Bonchev–Trinajstić information content (AvgIpc) is 3.24. The van der Waals surface area contributed by atoms with E-state index in [4.69, 9.17) is 4.74 Å². The van der Waals surface area contributed by atoms with Crippen LogP contribution in [-0.2, 0) is 0 Å². The van der Waals surface area contributed by atoms with Crippen LogP contribution in [0.5, 0.6) is 5.75 Å². The van der Waals surface area contributed by atoms with Crippen molar-refractivity contribution in [3.63, 3.8) is 0 Å². The molecule has 0 saturated heterocycles. The third-order valence-electron chi connectivity index (χ3n) is 4.40. The number of anilines is 1. The fraction of sp³-hybridized carbons (Fsp3) is 0.273. The van der Waals surface area contributed by atoms with E-state index in [0.717, 1.165) is 35.6 Å². The van der Waals surface area contributed by atoms with Gasteiger partial charge in [-0.05, 0) is 48.4 Å². The Kier molecular flexibility index (Phi) is 7.91. The van der Waals surface area contributed by atoms with Gasteiger partial charge in [0, 0.05) is 23.1 Å². The van der Waals surface area contributed by atoms with Gasteiger partial charge in [-0.2, -0.15) is 5.10 Å². The van der Waals surface area contributed by atoms with Crippen LogP contribution in [0.1, 0.15) is 38.2 Å². The number of nitro groups is 1. The molecule has 0 aliphatic carbocycles. The van der Waals surface area contributed by atoms with Crippen molar-refractivity contribution < 1.29 is 9.66 Å². The molecule has 0 spiro atoms. The predicted octanol–water partition coefficient (Wildman–Crippen LogP) is 6.12. The second-order valence-corrected chi connectivity index (χ2v) is 7.55. The van der Waals surface area contributed by atoms with E-state index in [1.165, 1.54) is 42.7 Å². The van der Waals surface area contributed by atoms with Crippen molar-refractivity contribution in [3.8, 4) is 17.0 Å². The third-order valence-corrected chi connectivity index (χ3v) is 5.15. The number of benzene rings is 2. The van der Waals surface area contributed by atoms with Gasteiger partial charge in [0.25, 0.3) is 5.69 Å². The van der Waals surface area contributed by atoms with Gasteiger partial charge < -0.3 is 4.74 Å². The highest BCUT2D eigenvalue weighted by atomic mass is 32.1. The molecule has 2 aromatic carbocycles. The van der Waals surface area contributed by atoms with Crippen LogP contribution >= 0.6 is 11.3 Å². The number of nitrogens with zero attached hydrogens (tertiary/aromatic N) is 3. The van der Waals surface area contributed by atoms with Gasteiger partial charge in [-0.1, -0.05) is 26.2 Å². The molecule has 0 bridgehead atoms. The molecule has 1 N–H and O–H groups in total. The zero-order valence-corrected chi connectivity index (χ0v) is 17.6. The molecule has 0 radical (unpaired) electrons. The summed E-state index contributed by atoms with van der Waals surface area (Å²) in [5, 5.41) is 17.5. The molecule has 3 aromatic rings. The van der Waals surface area contributed by atoms with E-state index >= 15 is 0 Å². The zero-order chi connectivity index (χ0) is 21.2. The van der Waals surface area contributed by atoms with Crippen molar-refractivity contribution in [2.75, 3.05) is 12.0 Å². The van der Waals surface area contributed by atoms with Gasteiger partial charge in [-0.25, -0.2) is 4.98 Å². The Labute approximate surface area is 179 Å². The lowest BCUT2D eigenvalue weighted by Gasteiger charge is -2.05. The van der Waals surface area contributed by atoms with E-state index in [-0.39, 0.29) is 5.69 Å². The Bertz CT molecular complexity index is 969. The summed E-state index contributed by atoms with van der Waals surface area (Å²) in [5.74, 6) is 0.865. The van der Waals surface area contributed by atoms with Crippen LogP contribution in [0.3, 0.4) is 0 Å². The number of hydrogen-bond donors (Lipinski definition) is 1. The number of nitro benzene ring substituents is 1. The second-order valence-electron chi connectivity index (χ2n) is 6.69. The molecule has 8 heteroatoms. The van der Waals surface area contributed by atoms with Gasteiger partial charge >= 0.3 is 0 Å². The van der Waals surface area contributed by atoms with Gasteiger partial charge in [-0.3, -0.25) is 15.5 Å². The fourth-order valence-corrected chi connectivity index (χ4v) is 3.41. The Balaban J connectivity index is 1.49. The fourth-order valence-electron chi connectivity index (χ4n) is 2.74. The molecule has 0 aliphatic rings. The number of aromatic nitrogens is 1. The van der Waals surface area contributed by atoms with E-state index < -0.39 is 4.92 Å². The van der Waals surface area contributed by atoms with Crippen molar-refractivity contribution >= 4 is 28.4 Å². The number of ether oxygens (including phenoxy) is 1. The second kappa shape index (κ2) is 11.1. The summed E-state index contributed by atoms with van der Waals surface area (Å²) >= 11 is 1.42. The molecular weight excluding hydrogens is 400 g/mol. The van der Waals surface area contributed by atoms with Crippen molar-refractivity contribution in [1.29, 1.82) is 0 Å². The average molecular weight is 425 g/mol. The van der Waals surface area contributed by atoms with E-state index in [0.29, 0.717) is 5.13 Å². The van der Waals surface area contributed by atoms with Gasteiger partial charge in [-0.15, -0.1) is 11.3 Å². The Morgan fingerprint density at radius 3 is 2.60 bits per heavy atom. The normalized spacial score (nSPS) is 11.0. The predicted molar refractivity (Wildman–Crippen MR) is 122 cm³/mol. The van der Waals surface area contributed by atoms with Gasteiger partial charge in [0.1, 0.15) is 5.75 Å². The maximum Gasteiger partial charge on any atom is 0.269 e. The smallest absolute Gasteiger partial charge is 0.269 e. The molecule has 0 saturated carbocycles. The molecule has 0 fully saturated rings. The minimum absolute atomic E-state index is 0.0600. The van der Waals surface area contributed by atoms with E-state index in [9.17, 15) is 10.1 Å². The molecule has 0 atom stereocenters. The van der Waals surface area contributed by atoms with Crippen LogP contribution < -0.4 is 10.2 Å². The largest absolute Gasteiger partial charge is 0.494 e. The van der Waals surface area contributed by atoms with Crippen molar-refractivity contribution in [1.82, 2.24) is 4.98 Å². The highest BCUT2D eigenvalue weighted by Crippen LogP contribution is 2.26. The molecule has 1 heterocycles. The first-order valence-corrected chi connectivity index (χ1v) is 10.8. The Morgan fingerprint density at radius 2 is 1.90 bits per heavy atom. The quantitative estimate of drug-likeness (QED) is 0.173. The van der Waals surface area contributed by atoms with Crippen LogP contribution in [0, 0.1) is 10.1 Å². The monoisotopic (exact) mass is 424 g/mol. The van der Waals surface area contributed by atoms with E-state index in [1.807, 2.05) is 29.6 Å². The minimum Gasteiger partial charge on any atom is -0.494 e. The van der Waals surface area contributed by atoms with Crippen LogP contribution in [0.15, 0.2) is 59.0 Å². The molecular formula is C22H24N4O3S. The van der Waals surface area contributed by atoms with E-state index in [2.05, 4.69) is 22.4 Å². The van der Waals surface area contributed by atoms with Crippen LogP contribution in [0.25, 0.3) is 11.3 Å². The summed E-state index contributed by atoms with van der Waals surface area (Å²) in [5.41, 5.74) is 5.49. The first kappa shape index (κ1) is 21.4. The maximum absolute atomic E-state index is 10.7. The summed E-state index contributed by atoms with van der Waals surface area (Å²) in [6, 6.07) is 14.1. The summed E-state index contributed by atoms with van der Waals surface area (Å²) in [7, 11) is 0. The molecule has 0 amide bonds. The highest BCUT2D eigenvalue weighted by molar-refractivity contribution is 7.14. The minimum atomic E-state index is -0.418. The van der Waals surface area contributed by atoms with Gasteiger partial charge in [0.15, 0.2) is 0 Å². The summed E-state index contributed by atoms with van der Waals surface area (Å²) in [6.45, 7) is 2.94. The topological polar surface area (TPSA) is 89.7 Å². The number of unbranched alkanes of at least 4 members (excludes halogenated alkanes) is 3. The lowest BCUT2D eigenvalue weighted by Crippen LogP contribution is -1.97. The number of rotatable bonds is 11. The standard InChI is InChI=1S/C22H24N4O3S/c1-2-3-4-5-14-29-20-12-6-17(7-13-20)15-23-25-22-24-21(16-30-22)18-8-10-19(11-9-18)26(27)28/h6-13,15-16H,2-5,14H2,1H3,(H,24,25). The first-order chi connectivity index (χ1) is 14.7. The summed E-state index contributed by atoms with van der Waals surface area (Å²) in [4.78, 5) is 14.8. The number of thiazole rings is 1. The number of hydrazone groups is 1. The molecule has 1 aromatic heterocycles. The molecule has 0 aliphatic heterocycles. The summed E-state index contributed by atoms with van der Waals surface area (Å²) in [6.07, 6.45) is 6.48. The summed E-state index contributed by atoms with van der Waals surface area (Å²) < 4.78 is 5.74. The lowest BCUT2D eigenvalue weighted by molar-refractivity contribution is -0.384. The molecule has 156 valence electrons. The van der Waals surface area contributed by atoms with Gasteiger partial charge in [0.05, 0.1) is 23.4 Å². The SMILES string of the molecule is CCCCCCOc1ccc(C=NNc2nc(-c3ccc([N+](=O)[O-])cc3)cs2)cc1. The third kappa shape index (κ3) is 6.38. The van der Waals surface area contributed by atoms with E-state index in [1.54, 1.807) is 18.3 Å². The molecule has 7 nitrogen and oxygen atoms in total. The van der Waals surface area contributed by atoms with Crippen molar-refractivity contribution in [3.05, 3.63) is 69.6 Å². The van der Waals surface area contributed by atoms with Gasteiger partial charge in [0.2, 0.25) is 5.13 Å². The molecule has 30 heavy (non-hydrogen) atoms.